The molecule has 1 N–H and O–H groups in total. The molecule has 1 aromatic heterocycles. The summed E-state index contributed by atoms with van der Waals surface area (Å²) in [6.45, 7) is 3.85. The van der Waals surface area contributed by atoms with Gasteiger partial charge in [0.05, 0.1) is 12.4 Å². The van der Waals surface area contributed by atoms with Crippen molar-refractivity contribution in [3.05, 3.63) is 42.4 Å². The fraction of sp³-hybridized carbons (Fsp3) is 0.286. The summed E-state index contributed by atoms with van der Waals surface area (Å²) in [5.41, 5.74) is 0.411. The number of H-pyrrole nitrogens is 1. The van der Waals surface area contributed by atoms with Gasteiger partial charge in [-0.15, -0.1) is 0 Å². The van der Waals surface area contributed by atoms with Crippen molar-refractivity contribution in [3.63, 3.8) is 0 Å². The van der Waals surface area contributed by atoms with Crippen LogP contribution >= 0.6 is 11.8 Å². The fourth-order valence-corrected chi connectivity index (χ4v) is 2.30. The SMILES string of the molecule is CCC(C)OC(=O)c1[nH]cnc1Sc1ccccc1. The number of rotatable bonds is 5. The molecular weight excluding hydrogens is 260 g/mol. The van der Waals surface area contributed by atoms with Crippen LogP contribution in [0.3, 0.4) is 0 Å². The van der Waals surface area contributed by atoms with Crippen molar-refractivity contribution in [2.24, 2.45) is 0 Å². The van der Waals surface area contributed by atoms with E-state index in [0.29, 0.717) is 10.7 Å². The Balaban J connectivity index is 2.11. The van der Waals surface area contributed by atoms with Crippen molar-refractivity contribution in [3.8, 4) is 0 Å². The van der Waals surface area contributed by atoms with Crippen molar-refractivity contribution < 1.29 is 9.53 Å². The lowest BCUT2D eigenvalue weighted by atomic mass is 10.3. The number of hydrogen-bond acceptors (Lipinski definition) is 4. The van der Waals surface area contributed by atoms with Gasteiger partial charge in [-0.1, -0.05) is 36.9 Å². The van der Waals surface area contributed by atoms with Crippen LogP contribution in [0, 0.1) is 0 Å². The molecule has 1 aromatic carbocycles. The average Bonchev–Trinajstić information content (AvgIpc) is 2.88. The first kappa shape index (κ1) is 13.7. The van der Waals surface area contributed by atoms with Gasteiger partial charge in [0, 0.05) is 4.90 Å². The number of aromatic nitrogens is 2. The summed E-state index contributed by atoms with van der Waals surface area (Å²) >= 11 is 1.44. The normalized spacial score (nSPS) is 12.1. The number of aromatic amines is 1. The van der Waals surface area contributed by atoms with E-state index in [1.807, 2.05) is 44.2 Å². The van der Waals surface area contributed by atoms with E-state index >= 15 is 0 Å². The van der Waals surface area contributed by atoms with Gasteiger partial charge in [-0.3, -0.25) is 0 Å². The summed E-state index contributed by atoms with van der Waals surface area (Å²) in [5, 5.41) is 0.638. The minimum atomic E-state index is -0.356. The molecule has 19 heavy (non-hydrogen) atoms. The number of carbonyl (C=O) groups is 1. The molecule has 0 radical (unpaired) electrons. The highest BCUT2D eigenvalue weighted by atomic mass is 32.2. The van der Waals surface area contributed by atoms with Crippen LogP contribution in [-0.4, -0.2) is 22.0 Å². The van der Waals surface area contributed by atoms with Crippen molar-refractivity contribution in [2.75, 3.05) is 0 Å². The zero-order valence-electron chi connectivity index (χ0n) is 10.9. The minimum absolute atomic E-state index is 0.0922. The molecular formula is C14H16N2O2S. The lowest BCUT2D eigenvalue weighted by Crippen LogP contribution is -2.15. The Morgan fingerprint density at radius 3 is 2.84 bits per heavy atom. The Labute approximate surface area is 116 Å². The van der Waals surface area contributed by atoms with Crippen LogP contribution in [0.1, 0.15) is 30.8 Å². The lowest BCUT2D eigenvalue weighted by Gasteiger charge is -2.10. The summed E-state index contributed by atoms with van der Waals surface area (Å²) in [6.07, 6.45) is 2.21. The molecule has 0 aliphatic heterocycles. The van der Waals surface area contributed by atoms with Crippen molar-refractivity contribution in [1.29, 1.82) is 0 Å². The van der Waals surface area contributed by atoms with Gasteiger partial charge in [0.15, 0.2) is 5.69 Å². The van der Waals surface area contributed by atoms with E-state index in [1.165, 1.54) is 18.1 Å². The van der Waals surface area contributed by atoms with Crippen molar-refractivity contribution in [1.82, 2.24) is 9.97 Å². The predicted octanol–water partition coefficient (Wildman–Crippen LogP) is 3.52. The Morgan fingerprint density at radius 2 is 2.16 bits per heavy atom. The molecule has 2 aromatic rings. The first-order valence-corrected chi connectivity index (χ1v) is 6.99. The fourth-order valence-electron chi connectivity index (χ4n) is 1.43. The van der Waals surface area contributed by atoms with Crippen LogP contribution in [-0.2, 0) is 4.74 Å². The van der Waals surface area contributed by atoms with E-state index in [0.717, 1.165) is 11.3 Å². The quantitative estimate of drug-likeness (QED) is 0.849. The van der Waals surface area contributed by atoms with Gasteiger partial charge < -0.3 is 9.72 Å². The number of hydrogen-bond donors (Lipinski definition) is 1. The van der Waals surface area contributed by atoms with Gasteiger partial charge in [-0.25, -0.2) is 9.78 Å². The van der Waals surface area contributed by atoms with Crippen LogP contribution in [0.15, 0.2) is 46.6 Å². The zero-order chi connectivity index (χ0) is 13.7. The third-order valence-corrected chi connectivity index (χ3v) is 3.66. The predicted molar refractivity (Wildman–Crippen MR) is 74.3 cm³/mol. The molecule has 1 heterocycles. The van der Waals surface area contributed by atoms with E-state index in [2.05, 4.69) is 9.97 Å². The maximum Gasteiger partial charge on any atom is 0.357 e. The van der Waals surface area contributed by atoms with E-state index < -0.39 is 0 Å². The standard InChI is InChI=1S/C14H16N2O2S/c1-3-10(2)18-14(17)12-13(16-9-15-12)19-11-7-5-4-6-8-11/h4-10H,3H2,1-2H3,(H,15,16). The monoisotopic (exact) mass is 276 g/mol. The van der Waals surface area contributed by atoms with Gasteiger partial charge in [0.1, 0.15) is 5.03 Å². The van der Waals surface area contributed by atoms with Crippen LogP contribution in [0.25, 0.3) is 0 Å². The number of benzene rings is 1. The maximum atomic E-state index is 12.0. The van der Waals surface area contributed by atoms with Crippen LogP contribution in [0.2, 0.25) is 0 Å². The van der Waals surface area contributed by atoms with Crippen molar-refractivity contribution in [2.45, 2.75) is 36.3 Å². The second kappa shape index (κ2) is 6.43. The molecule has 1 unspecified atom stereocenters. The van der Waals surface area contributed by atoms with Gasteiger partial charge in [-0.05, 0) is 25.5 Å². The highest BCUT2D eigenvalue weighted by Gasteiger charge is 2.18. The van der Waals surface area contributed by atoms with E-state index in [-0.39, 0.29) is 12.1 Å². The van der Waals surface area contributed by atoms with E-state index in [1.54, 1.807) is 0 Å². The number of carbonyl (C=O) groups excluding carboxylic acids is 1. The average molecular weight is 276 g/mol. The first-order valence-electron chi connectivity index (χ1n) is 6.18. The Bertz CT molecular complexity index is 539. The number of ether oxygens (including phenoxy) is 1. The van der Waals surface area contributed by atoms with E-state index in [9.17, 15) is 4.79 Å². The van der Waals surface area contributed by atoms with Crippen molar-refractivity contribution >= 4 is 17.7 Å². The summed E-state index contributed by atoms with van der Waals surface area (Å²) in [6, 6.07) is 9.80. The lowest BCUT2D eigenvalue weighted by molar-refractivity contribution is 0.0323. The van der Waals surface area contributed by atoms with Gasteiger partial charge in [0.2, 0.25) is 0 Å². The molecule has 0 saturated carbocycles. The molecule has 100 valence electrons. The molecule has 0 spiro atoms. The molecule has 4 nitrogen and oxygen atoms in total. The third kappa shape index (κ3) is 3.61. The number of imidazole rings is 1. The Morgan fingerprint density at radius 1 is 1.42 bits per heavy atom. The molecule has 0 amide bonds. The molecule has 0 aliphatic carbocycles. The maximum absolute atomic E-state index is 12.0. The molecule has 0 aliphatic rings. The van der Waals surface area contributed by atoms with E-state index in [4.69, 9.17) is 4.74 Å². The summed E-state index contributed by atoms with van der Waals surface area (Å²) in [7, 11) is 0. The third-order valence-electron chi connectivity index (χ3n) is 2.65. The molecule has 2 rings (SSSR count). The van der Waals surface area contributed by atoms with Gasteiger partial charge in [0.25, 0.3) is 0 Å². The second-order valence-corrected chi connectivity index (χ2v) is 5.18. The highest BCUT2D eigenvalue weighted by molar-refractivity contribution is 7.99. The first-order chi connectivity index (χ1) is 9.20. The Kier molecular flexibility index (Phi) is 4.63. The number of nitrogens with zero attached hydrogens (tertiary/aromatic N) is 1. The number of esters is 1. The van der Waals surface area contributed by atoms with Gasteiger partial charge >= 0.3 is 5.97 Å². The molecule has 0 bridgehead atoms. The topological polar surface area (TPSA) is 55.0 Å². The summed E-state index contributed by atoms with van der Waals surface area (Å²) in [4.78, 5) is 20.0. The molecule has 0 saturated heterocycles. The molecule has 5 heteroatoms. The summed E-state index contributed by atoms with van der Waals surface area (Å²) < 4.78 is 5.30. The van der Waals surface area contributed by atoms with Crippen LogP contribution < -0.4 is 0 Å². The highest BCUT2D eigenvalue weighted by Crippen LogP contribution is 2.28. The smallest absolute Gasteiger partial charge is 0.357 e. The zero-order valence-corrected chi connectivity index (χ0v) is 11.7. The van der Waals surface area contributed by atoms with Crippen LogP contribution in [0.4, 0.5) is 0 Å². The largest absolute Gasteiger partial charge is 0.458 e. The summed E-state index contributed by atoms with van der Waals surface area (Å²) in [5.74, 6) is -0.356. The van der Waals surface area contributed by atoms with Gasteiger partial charge in [-0.2, -0.15) is 0 Å². The molecule has 0 fully saturated rings. The Hall–Kier alpha value is -1.75. The second-order valence-electron chi connectivity index (χ2n) is 4.12. The molecule has 1 atom stereocenters. The number of nitrogens with one attached hydrogen (secondary N) is 1. The van der Waals surface area contributed by atoms with Crippen LogP contribution in [0.5, 0.6) is 0 Å². The minimum Gasteiger partial charge on any atom is -0.458 e.